The first-order valence-electron chi connectivity index (χ1n) is 6.74. The second-order valence-electron chi connectivity index (χ2n) is 5.02. The van der Waals surface area contributed by atoms with Gasteiger partial charge in [-0.05, 0) is 23.3 Å². The lowest BCUT2D eigenvalue weighted by Gasteiger charge is -2.24. The molecular formula is C16H19N3O2. The van der Waals surface area contributed by atoms with Crippen molar-refractivity contribution in [2.75, 3.05) is 7.05 Å². The smallest absolute Gasteiger partial charge is 0.227 e. The molecule has 0 bridgehead atoms. The van der Waals surface area contributed by atoms with Crippen molar-refractivity contribution in [3.8, 4) is 0 Å². The van der Waals surface area contributed by atoms with Crippen LogP contribution in [0.2, 0.25) is 0 Å². The summed E-state index contributed by atoms with van der Waals surface area (Å²) in [6, 6.07) is 13.4. The van der Waals surface area contributed by atoms with Crippen LogP contribution in [0.5, 0.6) is 0 Å². The highest BCUT2D eigenvalue weighted by molar-refractivity contribution is 5.93. The first-order valence-corrected chi connectivity index (χ1v) is 6.74. The Hall–Kier alpha value is -2.56. The lowest BCUT2D eigenvalue weighted by atomic mass is 10.0. The standard InChI is InChI=1S/C16H19N3O2/c1-11(16(17)18-21)19(2)15(20)10-13-8-5-7-12-6-3-4-9-14(12)13/h3-9,11,21H,10H2,1-2H3,(H2,17,18). The van der Waals surface area contributed by atoms with Gasteiger partial charge >= 0.3 is 0 Å². The summed E-state index contributed by atoms with van der Waals surface area (Å²) in [6.07, 6.45) is 0.279. The number of benzene rings is 2. The number of nitrogens with zero attached hydrogens (tertiary/aromatic N) is 2. The highest BCUT2D eigenvalue weighted by Gasteiger charge is 2.19. The van der Waals surface area contributed by atoms with E-state index in [2.05, 4.69) is 5.16 Å². The number of likely N-dealkylation sites (N-methyl/N-ethyl adjacent to an activating group) is 1. The van der Waals surface area contributed by atoms with Crippen molar-refractivity contribution < 1.29 is 10.0 Å². The van der Waals surface area contributed by atoms with Gasteiger partial charge in [0.1, 0.15) is 0 Å². The molecule has 0 aliphatic carbocycles. The zero-order valence-electron chi connectivity index (χ0n) is 12.2. The minimum atomic E-state index is -0.447. The predicted octanol–water partition coefficient (Wildman–Crippen LogP) is 1.98. The van der Waals surface area contributed by atoms with Crippen molar-refractivity contribution in [3.63, 3.8) is 0 Å². The lowest BCUT2D eigenvalue weighted by molar-refractivity contribution is -0.129. The van der Waals surface area contributed by atoms with Crippen LogP contribution in [0.15, 0.2) is 47.6 Å². The van der Waals surface area contributed by atoms with Gasteiger partial charge in [-0.15, -0.1) is 0 Å². The molecule has 1 unspecified atom stereocenters. The molecule has 0 saturated heterocycles. The van der Waals surface area contributed by atoms with E-state index >= 15 is 0 Å². The zero-order valence-corrected chi connectivity index (χ0v) is 12.2. The molecule has 0 radical (unpaired) electrons. The minimum absolute atomic E-state index is 0.0174. The fourth-order valence-corrected chi connectivity index (χ4v) is 2.23. The van der Waals surface area contributed by atoms with Crippen molar-refractivity contribution >= 4 is 22.5 Å². The van der Waals surface area contributed by atoms with Crippen LogP contribution < -0.4 is 5.73 Å². The number of hydrogen-bond donors (Lipinski definition) is 2. The van der Waals surface area contributed by atoms with Crippen molar-refractivity contribution in [2.24, 2.45) is 10.9 Å². The molecule has 0 heterocycles. The van der Waals surface area contributed by atoms with Crippen LogP contribution in [-0.4, -0.2) is 34.9 Å². The fourth-order valence-electron chi connectivity index (χ4n) is 2.23. The topological polar surface area (TPSA) is 78.9 Å². The third-order valence-corrected chi connectivity index (χ3v) is 3.74. The van der Waals surface area contributed by atoms with E-state index in [0.717, 1.165) is 16.3 Å². The number of fused-ring (bicyclic) bond motifs is 1. The predicted molar refractivity (Wildman–Crippen MR) is 83.3 cm³/mol. The van der Waals surface area contributed by atoms with Crippen molar-refractivity contribution in [3.05, 3.63) is 48.0 Å². The molecule has 0 aliphatic rings. The number of rotatable bonds is 4. The first kappa shape index (κ1) is 14.8. The van der Waals surface area contributed by atoms with Gasteiger partial charge < -0.3 is 15.8 Å². The van der Waals surface area contributed by atoms with Crippen molar-refractivity contribution in [1.82, 2.24) is 4.90 Å². The van der Waals surface area contributed by atoms with Gasteiger partial charge in [-0.25, -0.2) is 0 Å². The molecule has 0 spiro atoms. The number of amides is 1. The van der Waals surface area contributed by atoms with E-state index in [1.54, 1.807) is 14.0 Å². The molecule has 21 heavy (non-hydrogen) atoms. The molecule has 110 valence electrons. The summed E-state index contributed by atoms with van der Waals surface area (Å²) in [7, 11) is 1.65. The summed E-state index contributed by atoms with van der Waals surface area (Å²) in [5, 5.41) is 13.8. The number of nitrogens with two attached hydrogens (primary N) is 1. The SMILES string of the molecule is CC(C(N)=NO)N(C)C(=O)Cc1cccc2ccccc12. The van der Waals surface area contributed by atoms with E-state index in [4.69, 9.17) is 10.9 Å². The van der Waals surface area contributed by atoms with E-state index in [1.165, 1.54) is 4.90 Å². The maximum atomic E-state index is 12.4. The summed E-state index contributed by atoms with van der Waals surface area (Å²) in [5.74, 6) is -0.0609. The van der Waals surface area contributed by atoms with Gasteiger partial charge in [0.15, 0.2) is 5.84 Å². The van der Waals surface area contributed by atoms with Crippen LogP contribution in [0.3, 0.4) is 0 Å². The van der Waals surface area contributed by atoms with Crippen molar-refractivity contribution in [2.45, 2.75) is 19.4 Å². The number of carbonyl (C=O) groups is 1. The summed E-state index contributed by atoms with van der Waals surface area (Å²) in [6.45, 7) is 1.72. The van der Waals surface area contributed by atoms with Crippen LogP contribution in [0, 0.1) is 0 Å². The second-order valence-corrected chi connectivity index (χ2v) is 5.02. The molecule has 0 aliphatic heterocycles. The monoisotopic (exact) mass is 285 g/mol. The van der Waals surface area contributed by atoms with E-state index in [-0.39, 0.29) is 18.2 Å². The zero-order chi connectivity index (χ0) is 15.4. The molecule has 0 fully saturated rings. The normalized spacial score (nSPS) is 13.1. The van der Waals surface area contributed by atoms with Gasteiger partial charge in [0, 0.05) is 7.05 Å². The molecule has 3 N–H and O–H groups in total. The Bertz CT molecular complexity index is 677. The van der Waals surface area contributed by atoms with E-state index < -0.39 is 6.04 Å². The molecular weight excluding hydrogens is 266 g/mol. The number of amidine groups is 1. The molecule has 0 saturated carbocycles. The Kier molecular flexibility index (Phi) is 4.42. The van der Waals surface area contributed by atoms with Crippen LogP contribution in [0.4, 0.5) is 0 Å². The first-order chi connectivity index (χ1) is 10.0. The van der Waals surface area contributed by atoms with Gasteiger partial charge in [-0.1, -0.05) is 47.6 Å². The second kappa shape index (κ2) is 6.26. The average molecular weight is 285 g/mol. The molecule has 5 nitrogen and oxygen atoms in total. The van der Waals surface area contributed by atoms with Crippen LogP contribution >= 0.6 is 0 Å². The van der Waals surface area contributed by atoms with Gasteiger partial charge in [-0.2, -0.15) is 0 Å². The van der Waals surface area contributed by atoms with Gasteiger partial charge in [0.25, 0.3) is 0 Å². The number of oxime groups is 1. The molecule has 5 heteroatoms. The molecule has 2 aromatic carbocycles. The third kappa shape index (κ3) is 3.13. The third-order valence-electron chi connectivity index (χ3n) is 3.74. The maximum Gasteiger partial charge on any atom is 0.227 e. The molecule has 2 aromatic rings. The number of hydrogen-bond acceptors (Lipinski definition) is 3. The molecule has 1 amide bonds. The Morgan fingerprint density at radius 1 is 1.29 bits per heavy atom. The molecule has 2 rings (SSSR count). The summed E-state index contributed by atoms with van der Waals surface area (Å²) in [4.78, 5) is 13.8. The largest absolute Gasteiger partial charge is 0.409 e. The summed E-state index contributed by atoms with van der Waals surface area (Å²) in [5.41, 5.74) is 6.51. The fraction of sp³-hybridized carbons (Fsp3) is 0.250. The highest BCUT2D eigenvalue weighted by atomic mass is 16.4. The Balaban J connectivity index is 2.22. The van der Waals surface area contributed by atoms with Crippen molar-refractivity contribution in [1.29, 1.82) is 0 Å². The highest BCUT2D eigenvalue weighted by Crippen LogP contribution is 2.19. The maximum absolute atomic E-state index is 12.4. The van der Waals surface area contributed by atoms with Gasteiger partial charge in [0.05, 0.1) is 12.5 Å². The summed E-state index contributed by atoms with van der Waals surface area (Å²) < 4.78 is 0. The summed E-state index contributed by atoms with van der Waals surface area (Å²) >= 11 is 0. The van der Waals surface area contributed by atoms with Crippen LogP contribution in [-0.2, 0) is 11.2 Å². The van der Waals surface area contributed by atoms with E-state index in [0.29, 0.717) is 0 Å². The minimum Gasteiger partial charge on any atom is -0.409 e. The van der Waals surface area contributed by atoms with Gasteiger partial charge in [0.2, 0.25) is 5.91 Å². The van der Waals surface area contributed by atoms with E-state index in [1.807, 2.05) is 42.5 Å². The lowest BCUT2D eigenvalue weighted by Crippen LogP contribution is -2.44. The molecule has 0 aromatic heterocycles. The quantitative estimate of drug-likeness (QED) is 0.390. The Morgan fingerprint density at radius 2 is 1.95 bits per heavy atom. The average Bonchev–Trinajstić information content (AvgIpc) is 2.53. The van der Waals surface area contributed by atoms with Gasteiger partial charge in [-0.3, -0.25) is 4.79 Å². The number of carbonyl (C=O) groups excluding carboxylic acids is 1. The van der Waals surface area contributed by atoms with E-state index in [9.17, 15) is 4.79 Å². The van der Waals surface area contributed by atoms with Crippen LogP contribution in [0.25, 0.3) is 10.8 Å². The molecule has 1 atom stereocenters. The Labute approximate surface area is 123 Å². The van der Waals surface area contributed by atoms with Crippen LogP contribution in [0.1, 0.15) is 12.5 Å². The Morgan fingerprint density at radius 3 is 2.67 bits per heavy atom.